The lowest BCUT2D eigenvalue weighted by Crippen LogP contribution is -2.25. The zero-order valence-corrected chi connectivity index (χ0v) is 15.6. The van der Waals surface area contributed by atoms with Crippen molar-refractivity contribution in [2.45, 2.75) is 19.1 Å². The molecule has 1 aromatic carbocycles. The molecule has 8 heteroatoms. The molecule has 0 saturated carbocycles. The van der Waals surface area contributed by atoms with Gasteiger partial charge in [0.15, 0.2) is 5.82 Å². The Labute approximate surface area is 155 Å². The average Bonchev–Trinajstić information content (AvgIpc) is 3.19. The summed E-state index contributed by atoms with van der Waals surface area (Å²) in [6.07, 6.45) is 1.95. The molecule has 1 unspecified atom stereocenters. The van der Waals surface area contributed by atoms with E-state index in [9.17, 15) is 9.59 Å². The molecule has 0 fully saturated rings. The van der Waals surface area contributed by atoms with Crippen molar-refractivity contribution in [3.8, 4) is 0 Å². The van der Waals surface area contributed by atoms with Crippen molar-refractivity contribution in [2.24, 2.45) is 7.05 Å². The lowest BCUT2D eigenvalue weighted by Gasteiger charge is -2.11. The quantitative estimate of drug-likeness (QED) is 0.694. The van der Waals surface area contributed by atoms with E-state index in [2.05, 4.69) is 15.8 Å². The van der Waals surface area contributed by atoms with Crippen molar-refractivity contribution in [1.29, 1.82) is 0 Å². The summed E-state index contributed by atoms with van der Waals surface area (Å²) in [4.78, 5) is 24.4. The highest BCUT2D eigenvalue weighted by atomic mass is 32.2. The van der Waals surface area contributed by atoms with Crippen molar-refractivity contribution in [1.82, 2.24) is 9.72 Å². The third-order valence-electron chi connectivity index (χ3n) is 3.91. The van der Waals surface area contributed by atoms with Gasteiger partial charge < -0.3 is 19.7 Å². The zero-order chi connectivity index (χ0) is 18.7. The van der Waals surface area contributed by atoms with Crippen LogP contribution in [0.2, 0.25) is 0 Å². The number of thioether (sulfide) groups is 1. The summed E-state index contributed by atoms with van der Waals surface area (Å²) in [6, 6.07) is 9.38. The van der Waals surface area contributed by atoms with E-state index in [-0.39, 0.29) is 17.6 Å². The number of aryl methyl sites for hydroxylation is 2. The van der Waals surface area contributed by atoms with Gasteiger partial charge in [-0.2, -0.15) is 0 Å². The molecule has 0 aliphatic heterocycles. The molecule has 3 aromatic rings. The molecular weight excluding hydrogens is 352 g/mol. The molecule has 0 saturated heterocycles. The lowest BCUT2D eigenvalue weighted by atomic mass is 10.2. The maximum atomic E-state index is 12.3. The van der Waals surface area contributed by atoms with Gasteiger partial charge >= 0.3 is 0 Å². The maximum absolute atomic E-state index is 12.3. The highest BCUT2D eigenvalue weighted by molar-refractivity contribution is 8.01. The van der Waals surface area contributed by atoms with Crippen LogP contribution in [0.25, 0.3) is 10.9 Å². The topological polar surface area (TPSA) is 89.2 Å². The molecule has 0 bridgehead atoms. The molecular formula is C18H20N4O3S. The zero-order valence-electron chi connectivity index (χ0n) is 14.8. The minimum atomic E-state index is -0.398. The van der Waals surface area contributed by atoms with Gasteiger partial charge in [-0.1, -0.05) is 11.2 Å². The van der Waals surface area contributed by atoms with Gasteiger partial charge in [-0.15, -0.1) is 11.8 Å². The number of aromatic nitrogens is 2. The van der Waals surface area contributed by atoms with Gasteiger partial charge in [0.2, 0.25) is 11.8 Å². The van der Waals surface area contributed by atoms with Crippen LogP contribution in [0, 0.1) is 6.92 Å². The SMILES string of the molecule is Cc1cc(NC(=O)C(C)SCC(=O)Nc2cccc3c2ccn3C)no1. The molecule has 0 aliphatic rings. The normalized spacial score (nSPS) is 12.1. The van der Waals surface area contributed by atoms with E-state index in [0.29, 0.717) is 11.6 Å². The molecule has 136 valence electrons. The third-order valence-corrected chi connectivity index (χ3v) is 5.06. The molecule has 0 spiro atoms. The summed E-state index contributed by atoms with van der Waals surface area (Å²) in [5, 5.41) is 9.89. The Morgan fingerprint density at radius 2 is 2.12 bits per heavy atom. The molecule has 2 N–H and O–H groups in total. The van der Waals surface area contributed by atoms with Crippen molar-refractivity contribution in [3.63, 3.8) is 0 Å². The first kappa shape index (κ1) is 18.1. The van der Waals surface area contributed by atoms with E-state index < -0.39 is 5.25 Å². The monoisotopic (exact) mass is 372 g/mol. The number of rotatable bonds is 6. The average molecular weight is 372 g/mol. The van der Waals surface area contributed by atoms with E-state index in [1.165, 1.54) is 11.8 Å². The number of carbonyl (C=O) groups excluding carboxylic acids is 2. The molecule has 3 rings (SSSR count). The van der Waals surface area contributed by atoms with Crippen LogP contribution >= 0.6 is 11.8 Å². The Kier molecular flexibility index (Phi) is 5.32. The Balaban J connectivity index is 1.54. The molecule has 0 aliphatic carbocycles. The van der Waals surface area contributed by atoms with Crippen molar-refractivity contribution in [2.75, 3.05) is 16.4 Å². The molecule has 2 aromatic heterocycles. The van der Waals surface area contributed by atoms with Crippen LogP contribution in [0.3, 0.4) is 0 Å². The Morgan fingerprint density at radius 3 is 2.85 bits per heavy atom. The van der Waals surface area contributed by atoms with Crippen molar-refractivity contribution in [3.05, 3.63) is 42.3 Å². The predicted octanol–water partition coefficient (Wildman–Crippen LogP) is 3.17. The number of fused-ring (bicyclic) bond motifs is 1. The minimum Gasteiger partial charge on any atom is -0.360 e. The van der Waals surface area contributed by atoms with Gasteiger partial charge in [-0.05, 0) is 32.0 Å². The summed E-state index contributed by atoms with van der Waals surface area (Å²) >= 11 is 1.26. The van der Waals surface area contributed by atoms with Crippen LogP contribution in [-0.4, -0.2) is 32.5 Å². The van der Waals surface area contributed by atoms with Gasteiger partial charge in [0.25, 0.3) is 0 Å². The van der Waals surface area contributed by atoms with E-state index in [4.69, 9.17) is 4.52 Å². The van der Waals surface area contributed by atoms with Crippen LogP contribution in [0.5, 0.6) is 0 Å². The highest BCUT2D eigenvalue weighted by Gasteiger charge is 2.17. The lowest BCUT2D eigenvalue weighted by molar-refractivity contribution is -0.115. The van der Waals surface area contributed by atoms with Crippen LogP contribution in [0.1, 0.15) is 12.7 Å². The summed E-state index contributed by atoms with van der Waals surface area (Å²) in [7, 11) is 1.96. The molecule has 7 nitrogen and oxygen atoms in total. The first-order valence-electron chi connectivity index (χ1n) is 8.13. The van der Waals surface area contributed by atoms with Gasteiger partial charge in [0.1, 0.15) is 5.76 Å². The van der Waals surface area contributed by atoms with Crippen LogP contribution in [-0.2, 0) is 16.6 Å². The molecule has 0 radical (unpaired) electrons. The van der Waals surface area contributed by atoms with E-state index >= 15 is 0 Å². The van der Waals surface area contributed by atoms with Gasteiger partial charge in [0.05, 0.1) is 16.7 Å². The van der Waals surface area contributed by atoms with E-state index in [1.54, 1.807) is 19.9 Å². The second-order valence-electron chi connectivity index (χ2n) is 5.98. The standard InChI is InChI=1S/C18H20N4O3S/c1-11-9-16(21-25-11)20-18(24)12(2)26-10-17(23)19-14-5-4-6-15-13(14)7-8-22(15)3/h4-9,12H,10H2,1-3H3,(H,19,23)(H,20,21,24). The number of nitrogens with zero attached hydrogens (tertiary/aromatic N) is 2. The number of hydrogen-bond donors (Lipinski definition) is 2. The van der Waals surface area contributed by atoms with Crippen LogP contribution in [0.15, 0.2) is 41.1 Å². The number of benzene rings is 1. The number of amides is 2. The Hall–Kier alpha value is -2.74. The molecule has 26 heavy (non-hydrogen) atoms. The number of nitrogens with one attached hydrogen (secondary N) is 2. The fourth-order valence-corrected chi connectivity index (χ4v) is 3.21. The van der Waals surface area contributed by atoms with Gasteiger partial charge in [-0.3, -0.25) is 9.59 Å². The fraction of sp³-hybridized carbons (Fsp3) is 0.278. The maximum Gasteiger partial charge on any atom is 0.238 e. The van der Waals surface area contributed by atoms with E-state index in [1.807, 2.05) is 42.1 Å². The first-order chi connectivity index (χ1) is 12.4. The number of anilines is 2. The summed E-state index contributed by atoms with van der Waals surface area (Å²) in [5.41, 5.74) is 1.81. The van der Waals surface area contributed by atoms with E-state index in [0.717, 1.165) is 16.6 Å². The number of hydrogen-bond acceptors (Lipinski definition) is 5. The predicted molar refractivity (Wildman–Crippen MR) is 103 cm³/mol. The summed E-state index contributed by atoms with van der Waals surface area (Å²) in [5.74, 6) is 0.801. The largest absolute Gasteiger partial charge is 0.360 e. The summed E-state index contributed by atoms with van der Waals surface area (Å²) in [6.45, 7) is 3.50. The molecule has 1 atom stereocenters. The van der Waals surface area contributed by atoms with Crippen molar-refractivity contribution < 1.29 is 14.1 Å². The van der Waals surface area contributed by atoms with Crippen LogP contribution in [0.4, 0.5) is 11.5 Å². The second kappa shape index (κ2) is 7.65. The Bertz CT molecular complexity index is 947. The fourth-order valence-electron chi connectivity index (χ4n) is 2.53. The first-order valence-corrected chi connectivity index (χ1v) is 9.18. The molecule has 2 heterocycles. The Morgan fingerprint density at radius 1 is 1.31 bits per heavy atom. The van der Waals surface area contributed by atoms with Crippen molar-refractivity contribution >= 4 is 46.0 Å². The summed E-state index contributed by atoms with van der Waals surface area (Å²) < 4.78 is 6.91. The third kappa shape index (κ3) is 4.08. The van der Waals surface area contributed by atoms with Gasteiger partial charge in [-0.25, -0.2) is 0 Å². The minimum absolute atomic E-state index is 0.150. The second-order valence-corrected chi connectivity index (χ2v) is 7.31. The number of carbonyl (C=O) groups is 2. The highest BCUT2D eigenvalue weighted by Crippen LogP contribution is 2.24. The van der Waals surface area contributed by atoms with Crippen LogP contribution < -0.4 is 10.6 Å². The molecule has 2 amide bonds. The smallest absolute Gasteiger partial charge is 0.238 e. The van der Waals surface area contributed by atoms with Gasteiger partial charge in [0, 0.05) is 30.2 Å².